The minimum absolute atomic E-state index is 0.188. The molecule has 0 saturated carbocycles. The highest BCUT2D eigenvalue weighted by Gasteiger charge is 2.39. The molecular weight excluding hydrogens is 250 g/mol. The van der Waals surface area contributed by atoms with E-state index in [1.54, 1.807) is 0 Å². The fraction of sp³-hybridized carbons (Fsp3) is 0.938. The summed E-state index contributed by atoms with van der Waals surface area (Å²) in [7, 11) is 4.12. The molecule has 4 heteroatoms. The van der Waals surface area contributed by atoms with Gasteiger partial charge in [0.25, 0.3) is 0 Å². The lowest BCUT2D eigenvalue weighted by atomic mass is 9.76. The van der Waals surface area contributed by atoms with Crippen molar-refractivity contribution in [3.05, 3.63) is 0 Å². The maximum absolute atomic E-state index is 12.8. The smallest absolute Gasteiger partial charge is 0.227 e. The van der Waals surface area contributed by atoms with Crippen molar-refractivity contribution in [3.8, 4) is 0 Å². The summed E-state index contributed by atoms with van der Waals surface area (Å²) < 4.78 is 0. The lowest BCUT2D eigenvalue weighted by Crippen LogP contribution is -2.55. The molecule has 0 radical (unpaired) electrons. The Bertz CT molecular complexity index is 291. The third-order valence-electron chi connectivity index (χ3n) is 4.37. The number of piperidine rings is 1. The van der Waals surface area contributed by atoms with E-state index in [2.05, 4.69) is 50.4 Å². The fourth-order valence-electron chi connectivity index (χ4n) is 3.11. The molecule has 1 aliphatic heterocycles. The molecule has 1 saturated heterocycles. The molecule has 1 fully saturated rings. The van der Waals surface area contributed by atoms with Crippen LogP contribution in [0.25, 0.3) is 0 Å². The quantitative estimate of drug-likeness (QED) is 0.749. The van der Waals surface area contributed by atoms with Crippen LogP contribution in [-0.4, -0.2) is 50.6 Å². The van der Waals surface area contributed by atoms with Gasteiger partial charge in [-0.1, -0.05) is 27.2 Å². The van der Waals surface area contributed by atoms with Crippen molar-refractivity contribution < 1.29 is 4.79 Å². The van der Waals surface area contributed by atoms with Crippen LogP contribution < -0.4 is 10.6 Å². The molecule has 20 heavy (non-hydrogen) atoms. The Hall–Kier alpha value is -0.610. The first kappa shape index (κ1) is 17.4. The van der Waals surface area contributed by atoms with Crippen LogP contribution >= 0.6 is 0 Å². The number of rotatable bonds is 7. The van der Waals surface area contributed by atoms with E-state index < -0.39 is 0 Å². The average molecular weight is 283 g/mol. The molecule has 4 nitrogen and oxygen atoms in total. The van der Waals surface area contributed by atoms with Crippen LogP contribution in [0.2, 0.25) is 0 Å². The normalized spacial score (nSPS) is 24.9. The Morgan fingerprint density at radius 2 is 2.10 bits per heavy atom. The van der Waals surface area contributed by atoms with Crippen LogP contribution in [0.1, 0.15) is 46.5 Å². The summed E-state index contributed by atoms with van der Waals surface area (Å²) in [5, 5.41) is 6.74. The molecule has 0 aromatic heterocycles. The SMILES string of the molecule is CCCC1(C(=O)NC(CN(C)C)C(C)C)CCCNC1. The number of hydrogen-bond donors (Lipinski definition) is 2. The molecule has 118 valence electrons. The van der Waals surface area contributed by atoms with E-state index in [-0.39, 0.29) is 17.4 Å². The van der Waals surface area contributed by atoms with Gasteiger partial charge in [-0.2, -0.15) is 0 Å². The molecule has 0 aliphatic carbocycles. The number of amides is 1. The number of nitrogens with zero attached hydrogens (tertiary/aromatic N) is 1. The summed E-state index contributed by atoms with van der Waals surface area (Å²) in [6.45, 7) is 9.31. The maximum atomic E-state index is 12.8. The summed E-state index contributed by atoms with van der Waals surface area (Å²) in [5.41, 5.74) is -0.188. The first-order chi connectivity index (χ1) is 9.41. The van der Waals surface area contributed by atoms with Gasteiger partial charge in [0.15, 0.2) is 0 Å². The van der Waals surface area contributed by atoms with E-state index in [9.17, 15) is 4.79 Å². The second kappa shape index (κ2) is 7.99. The van der Waals surface area contributed by atoms with Gasteiger partial charge in [0.2, 0.25) is 5.91 Å². The van der Waals surface area contributed by atoms with E-state index >= 15 is 0 Å². The summed E-state index contributed by atoms with van der Waals surface area (Å²) in [5.74, 6) is 0.712. The molecule has 0 aromatic rings. The number of likely N-dealkylation sites (N-methyl/N-ethyl adjacent to an activating group) is 1. The molecule has 2 N–H and O–H groups in total. The minimum Gasteiger partial charge on any atom is -0.351 e. The van der Waals surface area contributed by atoms with Crippen molar-refractivity contribution in [2.45, 2.75) is 52.5 Å². The van der Waals surface area contributed by atoms with Gasteiger partial charge in [-0.05, 0) is 45.8 Å². The van der Waals surface area contributed by atoms with Crippen LogP contribution in [0.5, 0.6) is 0 Å². The van der Waals surface area contributed by atoms with E-state index in [4.69, 9.17) is 0 Å². The van der Waals surface area contributed by atoms with Crippen LogP contribution in [0.4, 0.5) is 0 Å². The first-order valence-electron chi connectivity index (χ1n) is 8.07. The predicted octanol–water partition coefficient (Wildman–Crippen LogP) is 1.86. The first-order valence-corrected chi connectivity index (χ1v) is 8.07. The highest BCUT2D eigenvalue weighted by molar-refractivity contribution is 5.83. The molecular formula is C16H33N3O. The van der Waals surface area contributed by atoms with Gasteiger partial charge in [0.1, 0.15) is 0 Å². The van der Waals surface area contributed by atoms with Crippen LogP contribution in [0.3, 0.4) is 0 Å². The topological polar surface area (TPSA) is 44.4 Å². The monoisotopic (exact) mass is 283 g/mol. The molecule has 0 spiro atoms. The summed E-state index contributed by atoms with van der Waals surface area (Å²) >= 11 is 0. The Balaban J connectivity index is 2.73. The predicted molar refractivity (Wildman–Crippen MR) is 84.8 cm³/mol. The highest BCUT2D eigenvalue weighted by atomic mass is 16.2. The maximum Gasteiger partial charge on any atom is 0.227 e. The second-order valence-corrected chi connectivity index (χ2v) is 6.90. The molecule has 1 rings (SSSR count). The van der Waals surface area contributed by atoms with Crippen LogP contribution in [-0.2, 0) is 4.79 Å². The summed E-state index contributed by atoms with van der Waals surface area (Å²) in [4.78, 5) is 15.0. The molecule has 2 atom stereocenters. The van der Waals surface area contributed by atoms with Crippen LogP contribution in [0, 0.1) is 11.3 Å². The highest BCUT2D eigenvalue weighted by Crippen LogP contribution is 2.32. The number of nitrogens with one attached hydrogen (secondary N) is 2. The molecule has 1 amide bonds. The lowest BCUT2D eigenvalue weighted by molar-refractivity contribution is -0.133. The number of hydrogen-bond acceptors (Lipinski definition) is 3. The zero-order chi connectivity index (χ0) is 15.2. The third kappa shape index (κ3) is 4.74. The molecule has 1 heterocycles. The van der Waals surface area contributed by atoms with Gasteiger partial charge >= 0.3 is 0 Å². The Morgan fingerprint density at radius 3 is 2.55 bits per heavy atom. The summed E-state index contributed by atoms with van der Waals surface area (Å²) in [6, 6.07) is 0.230. The number of carbonyl (C=O) groups excluding carboxylic acids is 1. The summed E-state index contributed by atoms with van der Waals surface area (Å²) in [6.07, 6.45) is 4.17. The van der Waals surface area contributed by atoms with Crippen molar-refractivity contribution >= 4 is 5.91 Å². The number of carbonyl (C=O) groups is 1. The zero-order valence-electron chi connectivity index (χ0n) is 14.0. The van der Waals surface area contributed by atoms with Gasteiger partial charge in [0.05, 0.1) is 5.41 Å². The molecule has 2 unspecified atom stereocenters. The van der Waals surface area contributed by atoms with Crippen molar-refractivity contribution in [2.75, 3.05) is 33.7 Å². The lowest BCUT2D eigenvalue weighted by Gasteiger charge is -2.38. The minimum atomic E-state index is -0.188. The average Bonchev–Trinajstić information content (AvgIpc) is 2.38. The van der Waals surface area contributed by atoms with Gasteiger partial charge < -0.3 is 15.5 Å². The second-order valence-electron chi connectivity index (χ2n) is 6.90. The third-order valence-corrected chi connectivity index (χ3v) is 4.37. The standard InChI is InChI=1S/C16H33N3O/c1-6-8-16(9-7-10-17-12-16)15(20)18-14(13(2)3)11-19(4)5/h13-14,17H,6-12H2,1-5H3,(H,18,20). The fourth-order valence-corrected chi connectivity index (χ4v) is 3.11. The Kier molecular flexibility index (Phi) is 6.96. The van der Waals surface area contributed by atoms with Crippen molar-refractivity contribution in [1.29, 1.82) is 0 Å². The Labute approximate surface area is 124 Å². The van der Waals surface area contributed by atoms with Gasteiger partial charge in [0, 0.05) is 19.1 Å². The zero-order valence-corrected chi connectivity index (χ0v) is 14.0. The van der Waals surface area contributed by atoms with E-state index in [1.807, 2.05) is 0 Å². The van der Waals surface area contributed by atoms with Gasteiger partial charge in [-0.15, -0.1) is 0 Å². The van der Waals surface area contributed by atoms with Crippen molar-refractivity contribution in [1.82, 2.24) is 15.5 Å². The van der Waals surface area contributed by atoms with Crippen molar-refractivity contribution in [2.24, 2.45) is 11.3 Å². The van der Waals surface area contributed by atoms with E-state index in [0.717, 1.165) is 45.3 Å². The Morgan fingerprint density at radius 1 is 1.40 bits per heavy atom. The van der Waals surface area contributed by atoms with E-state index in [1.165, 1.54) is 0 Å². The molecule has 1 aliphatic rings. The van der Waals surface area contributed by atoms with E-state index in [0.29, 0.717) is 5.92 Å². The molecule has 0 bridgehead atoms. The van der Waals surface area contributed by atoms with Crippen molar-refractivity contribution in [3.63, 3.8) is 0 Å². The van der Waals surface area contributed by atoms with Crippen LogP contribution in [0.15, 0.2) is 0 Å². The largest absolute Gasteiger partial charge is 0.351 e. The molecule has 0 aromatic carbocycles. The van der Waals surface area contributed by atoms with Gasteiger partial charge in [-0.25, -0.2) is 0 Å². The van der Waals surface area contributed by atoms with Gasteiger partial charge in [-0.3, -0.25) is 4.79 Å².